The molecule has 64 valence electrons. The van der Waals surface area contributed by atoms with Crippen molar-refractivity contribution in [3.05, 3.63) is 29.3 Å². The Balaban J connectivity index is 2.40. The number of benzene rings is 1. The van der Waals surface area contributed by atoms with Gasteiger partial charge >= 0.3 is 0 Å². The molecule has 1 aliphatic carbocycles. The van der Waals surface area contributed by atoms with Crippen LogP contribution in [0.25, 0.3) is 0 Å². The molecule has 0 bridgehead atoms. The van der Waals surface area contributed by atoms with Crippen molar-refractivity contribution in [3.63, 3.8) is 0 Å². The molecular weight excluding hydrogens is 148 g/mol. The van der Waals surface area contributed by atoms with Gasteiger partial charge in [-0.05, 0) is 48.4 Å². The van der Waals surface area contributed by atoms with E-state index >= 15 is 0 Å². The van der Waals surface area contributed by atoms with Crippen LogP contribution in [0.3, 0.4) is 0 Å². The van der Waals surface area contributed by atoms with E-state index in [0.717, 1.165) is 12.3 Å². The molecular formula is C11H14O. The lowest BCUT2D eigenvalue weighted by Gasteiger charge is -2.07. The van der Waals surface area contributed by atoms with Gasteiger partial charge in [0, 0.05) is 0 Å². The van der Waals surface area contributed by atoms with Gasteiger partial charge in [-0.15, -0.1) is 0 Å². The Labute approximate surface area is 73.0 Å². The molecule has 1 N–H and O–H groups in total. The van der Waals surface area contributed by atoms with Gasteiger partial charge in [-0.1, -0.05) is 13.0 Å². The number of fused-ring (bicyclic) bond motifs is 1. The third kappa shape index (κ3) is 1.09. The van der Waals surface area contributed by atoms with Crippen LogP contribution in [0.4, 0.5) is 0 Å². The molecule has 12 heavy (non-hydrogen) atoms. The minimum absolute atomic E-state index is 0.408. The van der Waals surface area contributed by atoms with Gasteiger partial charge in [-0.25, -0.2) is 0 Å². The van der Waals surface area contributed by atoms with Gasteiger partial charge in [0.15, 0.2) is 0 Å². The number of phenols is 1. The van der Waals surface area contributed by atoms with E-state index in [1.54, 1.807) is 6.07 Å². The largest absolute Gasteiger partial charge is 0.508 e. The molecule has 0 heterocycles. The van der Waals surface area contributed by atoms with Crippen LogP contribution in [0.5, 0.6) is 5.75 Å². The van der Waals surface area contributed by atoms with Crippen LogP contribution in [0, 0.1) is 0 Å². The number of hydrogen-bond donors (Lipinski definition) is 1. The van der Waals surface area contributed by atoms with Crippen molar-refractivity contribution < 1.29 is 5.11 Å². The standard InChI is InChI=1S/C11H14O/c1-2-8-3-4-9-7-10(12)5-6-11(8)9/h5-8,12H,2-4H2,1H3/t8-/m1/s1. The Morgan fingerprint density at radius 3 is 3.08 bits per heavy atom. The molecule has 1 atom stereocenters. The topological polar surface area (TPSA) is 20.2 Å². The fourth-order valence-electron chi connectivity index (χ4n) is 2.12. The van der Waals surface area contributed by atoms with Crippen LogP contribution in [0.15, 0.2) is 18.2 Å². The second-order valence-corrected chi connectivity index (χ2v) is 3.53. The molecule has 0 unspecified atom stereocenters. The van der Waals surface area contributed by atoms with Crippen molar-refractivity contribution in [2.24, 2.45) is 0 Å². The Morgan fingerprint density at radius 1 is 1.50 bits per heavy atom. The predicted octanol–water partition coefficient (Wildman–Crippen LogP) is 2.83. The molecule has 0 spiro atoms. The van der Waals surface area contributed by atoms with Crippen LogP contribution < -0.4 is 0 Å². The lowest BCUT2D eigenvalue weighted by atomic mass is 9.99. The number of phenolic OH excluding ortho intramolecular Hbond substituents is 1. The van der Waals surface area contributed by atoms with E-state index in [2.05, 4.69) is 13.0 Å². The highest BCUT2D eigenvalue weighted by Gasteiger charge is 2.20. The van der Waals surface area contributed by atoms with Gasteiger partial charge in [0.25, 0.3) is 0 Å². The van der Waals surface area contributed by atoms with E-state index in [0.29, 0.717) is 5.75 Å². The van der Waals surface area contributed by atoms with E-state index in [4.69, 9.17) is 0 Å². The predicted molar refractivity (Wildman–Crippen MR) is 49.5 cm³/mol. The maximum atomic E-state index is 9.26. The molecule has 0 aromatic heterocycles. The molecule has 1 aliphatic rings. The van der Waals surface area contributed by atoms with Gasteiger partial charge in [-0.3, -0.25) is 0 Å². The van der Waals surface area contributed by atoms with E-state index < -0.39 is 0 Å². The average Bonchev–Trinajstić information content (AvgIpc) is 2.46. The number of rotatable bonds is 1. The maximum absolute atomic E-state index is 9.26. The Kier molecular flexibility index (Phi) is 1.80. The van der Waals surface area contributed by atoms with Gasteiger partial charge in [0.05, 0.1) is 0 Å². The van der Waals surface area contributed by atoms with Gasteiger partial charge in [0.1, 0.15) is 5.75 Å². The van der Waals surface area contributed by atoms with Crippen LogP contribution in [0.1, 0.15) is 36.8 Å². The van der Waals surface area contributed by atoms with E-state index in [9.17, 15) is 5.11 Å². The van der Waals surface area contributed by atoms with Gasteiger partial charge < -0.3 is 5.11 Å². The van der Waals surface area contributed by atoms with E-state index in [1.807, 2.05) is 6.07 Å². The normalized spacial score (nSPS) is 20.9. The van der Waals surface area contributed by atoms with Crippen molar-refractivity contribution in [1.82, 2.24) is 0 Å². The molecule has 0 saturated heterocycles. The molecule has 1 nitrogen and oxygen atoms in total. The number of hydrogen-bond acceptors (Lipinski definition) is 1. The summed E-state index contributed by atoms with van der Waals surface area (Å²) in [6, 6.07) is 5.78. The van der Waals surface area contributed by atoms with E-state index in [1.165, 1.54) is 24.0 Å². The van der Waals surface area contributed by atoms with Crippen molar-refractivity contribution in [3.8, 4) is 5.75 Å². The summed E-state index contributed by atoms with van der Waals surface area (Å²) in [5, 5.41) is 9.26. The van der Waals surface area contributed by atoms with Crippen LogP contribution >= 0.6 is 0 Å². The van der Waals surface area contributed by atoms with Crippen LogP contribution in [0.2, 0.25) is 0 Å². The molecule has 0 aliphatic heterocycles. The quantitative estimate of drug-likeness (QED) is 0.673. The fourth-order valence-corrected chi connectivity index (χ4v) is 2.12. The smallest absolute Gasteiger partial charge is 0.115 e. The zero-order chi connectivity index (χ0) is 8.55. The highest BCUT2D eigenvalue weighted by atomic mass is 16.3. The first-order chi connectivity index (χ1) is 5.81. The summed E-state index contributed by atoms with van der Waals surface area (Å²) >= 11 is 0. The Hall–Kier alpha value is -0.980. The molecule has 0 radical (unpaired) electrons. The second-order valence-electron chi connectivity index (χ2n) is 3.53. The summed E-state index contributed by atoms with van der Waals surface area (Å²) in [5.74, 6) is 1.14. The van der Waals surface area contributed by atoms with Crippen molar-refractivity contribution in [2.45, 2.75) is 32.1 Å². The Morgan fingerprint density at radius 2 is 2.33 bits per heavy atom. The summed E-state index contributed by atoms with van der Waals surface area (Å²) < 4.78 is 0. The molecule has 0 saturated carbocycles. The molecule has 1 aromatic carbocycles. The minimum atomic E-state index is 0.408. The van der Waals surface area contributed by atoms with Crippen molar-refractivity contribution in [2.75, 3.05) is 0 Å². The Bertz CT molecular complexity index is 291. The lowest BCUT2D eigenvalue weighted by Crippen LogP contribution is -1.89. The van der Waals surface area contributed by atoms with Crippen molar-refractivity contribution in [1.29, 1.82) is 0 Å². The van der Waals surface area contributed by atoms with Crippen LogP contribution in [-0.4, -0.2) is 5.11 Å². The molecule has 1 aromatic rings. The maximum Gasteiger partial charge on any atom is 0.115 e. The summed E-state index contributed by atoms with van der Waals surface area (Å²) in [4.78, 5) is 0. The molecule has 0 fully saturated rings. The van der Waals surface area contributed by atoms with Crippen LogP contribution in [-0.2, 0) is 6.42 Å². The molecule has 0 amide bonds. The first kappa shape index (κ1) is 7.66. The SMILES string of the molecule is CC[C@@H]1CCc2cc(O)ccc21. The molecule has 2 rings (SSSR count). The minimum Gasteiger partial charge on any atom is -0.508 e. The first-order valence-electron chi connectivity index (χ1n) is 4.63. The summed E-state index contributed by atoms with van der Waals surface area (Å²) in [6.45, 7) is 2.23. The van der Waals surface area contributed by atoms with Crippen molar-refractivity contribution >= 4 is 0 Å². The number of aromatic hydroxyl groups is 1. The monoisotopic (exact) mass is 162 g/mol. The first-order valence-corrected chi connectivity index (χ1v) is 4.63. The summed E-state index contributed by atoms with van der Waals surface area (Å²) in [6.07, 6.45) is 3.62. The lowest BCUT2D eigenvalue weighted by molar-refractivity contribution is 0.474. The highest BCUT2D eigenvalue weighted by molar-refractivity contribution is 5.40. The zero-order valence-corrected chi connectivity index (χ0v) is 7.38. The third-order valence-corrected chi connectivity index (χ3v) is 2.82. The number of aryl methyl sites for hydroxylation is 1. The zero-order valence-electron chi connectivity index (χ0n) is 7.38. The molecule has 1 heteroatoms. The third-order valence-electron chi connectivity index (χ3n) is 2.82. The van der Waals surface area contributed by atoms with Gasteiger partial charge in [-0.2, -0.15) is 0 Å². The summed E-state index contributed by atoms with van der Waals surface area (Å²) in [7, 11) is 0. The fraction of sp³-hybridized carbons (Fsp3) is 0.455. The average molecular weight is 162 g/mol. The highest BCUT2D eigenvalue weighted by Crippen LogP contribution is 2.36. The summed E-state index contributed by atoms with van der Waals surface area (Å²) in [5.41, 5.74) is 2.80. The van der Waals surface area contributed by atoms with Gasteiger partial charge in [0.2, 0.25) is 0 Å². The van der Waals surface area contributed by atoms with E-state index in [-0.39, 0.29) is 0 Å². The second kappa shape index (κ2) is 2.81.